The normalized spacial score (nSPS) is 12.9. The van der Waals surface area contributed by atoms with E-state index in [2.05, 4.69) is 10.3 Å². The Kier molecular flexibility index (Phi) is 3.59. The highest BCUT2D eigenvalue weighted by Gasteiger charge is 2.24. The van der Waals surface area contributed by atoms with Crippen molar-refractivity contribution < 1.29 is 13.0 Å². The number of benzene rings is 1. The van der Waals surface area contributed by atoms with E-state index in [1.807, 2.05) is 0 Å². The number of rotatable bonds is 4. The SMILES string of the molecule is O=S(=O)(O)C(Nc1ccccn1)c1ccccc1. The third kappa shape index (κ3) is 3.06. The molecule has 2 aromatic rings. The maximum atomic E-state index is 11.4. The van der Waals surface area contributed by atoms with Crippen LogP contribution in [0.4, 0.5) is 5.82 Å². The summed E-state index contributed by atoms with van der Waals surface area (Å²) in [7, 11) is -4.27. The second-order valence-corrected chi connectivity index (χ2v) is 5.17. The van der Waals surface area contributed by atoms with Gasteiger partial charge in [0.1, 0.15) is 5.82 Å². The Morgan fingerprint density at radius 2 is 1.72 bits per heavy atom. The molecule has 2 N–H and O–H groups in total. The first kappa shape index (κ1) is 12.5. The molecule has 0 aliphatic rings. The minimum absolute atomic E-state index is 0.379. The van der Waals surface area contributed by atoms with Crippen molar-refractivity contribution in [1.82, 2.24) is 4.98 Å². The third-order valence-corrected chi connectivity index (χ3v) is 3.33. The molecule has 0 spiro atoms. The number of nitrogens with one attached hydrogen (secondary N) is 1. The summed E-state index contributed by atoms with van der Waals surface area (Å²) in [5.41, 5.74) is 0.450. The molecule has 0 amide bonds. The van der Waals surface area contributed by atoms with Crippen LogP contribution in [0.15, 0.2) is 54.7 Å². The van der Waals surface area contributed by atoms with Gasteiger partial charge in [0.25, 0.3) is 10.1 Å². The van der Waals surface area contributed by atoms with Gasteiger partial charge in [-0.05, 0) is 17.7 Å². The monoisotopic (exact) mass is 264 g/mol. The van der Waals surface area contributed by atoms with E-state index in [4.69, 9.17) is 0 Å². The maximum Gasteiger partial charge on any atom is 0.290 e. The molecule has 5 nitrogen and oxygen atoms in total. The molecule has 0 fully saturated rings. The fraction of sp³-hybridized carbons (Fsp3) is 0.0833. The van der Waals surface area contributed by atoms with Crippen molar-refractivity contribution in [3.05, 3.63) is 60.3 Å². The van der Waals surface area contributed by atoms with Crippen LogP contribution in [0.2, 0.25) is 0 Å². The number of hydrogen-bond donors (Lipinski definition) is 2. The minimum atomic E-state index is -4.27. The van der Waals surface area contributed by atoms with Crippen LogP contribution in [-0.4, -0.2) is 18.0 Å². The van der Waals surface area contributed by atoms with E-state index in [9.17, 15) is 13.0 Å². The van der Waals surface area contributed by atoms with Gasteiger partial charge in [-0.25, -0.2) is 4.98 Å². The molecule has 0 radical (unpaired) electrons. The quantitative estimate of drug-likeness (QED) is 0.826. The standard InChI is InChI=1S/C12H12N2O3S/c15-18(16,17)12(10-6-2-1-3-7-10)14-11-8-4-5-9-13-11/h1-9,12H,(H,13,14)(H,15,16,17). The molecule has 1 unspecified atom stereocenters. The van der Waals surface area contributed by atoms with E-state index >= 15 is 0 Å². The van der Waals surface area contributed by atoms with Gasteiger partial charge in [0.15, 0.2) is 5.37 Å². The van der Waals surface area contributed by atoms with E-state index in [1.54, 1.807) is 48.5 Å². The summed E-state index contributed by atoms with van der Waals surface area (Å²) >= 11 is 0. The van der Waals surface area contributed by atoms with E-state index in [1.165, 1.54) is 6.20 Å². The highest BCUT2D eigenvalue weighted by atomic mass is 32.2. The van der Waals surface area contributed by atoms with Gasteiger partial charge in [-0.2, -0.15) is 8.42 Å². The summed E-state index contributed by atoms with van der Waals surface area (Å²) in [4.78, 5) is 3.97. The first-order valence-corrected chi connectivity index (χ1v) is 6.76. The molecule has 18 heavy (non-hydrogen) atoms. The summed E-state index contributed by atoms with van der Waals surface area (Å²) in [5, 5.41) is 1.46. The Hall–Kier alpha value is -1.92. The van der Waals surface area contributed by atoms with Crippen LogP contribution in [0, 0.1) is 0 Å². The second kappa shape index (κ2) is 5.16. The molecular weight excluding hydrogens is 252 g/mol. The number of hydrogen-bond acceptors (Lipinski definition) is 4. The van der Waals surface area contributed by atoms with Crippen LogP contribution in [0.5, 0.6) is 0 Å². The number of anilines is 1. The zero-order valence-electron chi connectivity index (χ0n) is 9.39. The van der Waals surface area contributed by atoms with Crippen molar-refractivity contribution in [2.45, 2.75) is 5.37 Å². The molecule has 94 valence electrons. The van der Waals surface area contributed by atoms with Crippen LogP contribution in [-0.2, 0) is 10.1 Å². The van der Waals surface area contributed by atoms with Crippen LogP contribution in [0.25, 0.3) is 0 Å². The Morgan fingerprint density at radius 3 is 2.28 bits per heavy atom. The molecule has 0 aliphatic carbocycles. The molecule has 0 saturated heterocycles. The fourth-order valence-electron chi connectivity index (χ4n) is 1.54. The highest BCUT2D eigenvalue weighted by molar-refractivity contribution is 7.86. The van der Waals surface area contributed by atoms with E-state index < -0.39 is 15.5 Å². The average molecular weight is 264 g/mol. The lowest BCUT2D eigenvalue weighted by Gasteiger charge is -2.16. The second-order valence-electron chi connectivity index (χ2n) is 3.67. The predicted molar refractivity (Wildman–Crippen MR) is 68.6 cm³/mol. The molecule has 1 heterocycles. The van der Waals surface area contributed by atoms with Crippen molar-refractivity contribution in [1.29, 1.82) is 0 Å². The van der Waals surface area contributed by atoms with Crippen molar-refractivity contribution in [2.24, 2.45) is 0 Å². The lowest BCUT2D eigenvalue weighted by molar-refractivity contribution is 0.473. The van der Waals surface area contributed by atoms with Gasteiger partial charge >= 0.3 is 0 Å². The molecule has 0 aliphatic heterocycles. The molecule has 1 aromatic carbocycles. The Labute approximate surface area is 105 Å². The number of aromatic nitrogens is 1. The van der Waals surface area contributed by atoms with E-state index in [0.717, 1.165) is 0 Å². The summed E-state index contributed by atoms with van der Waals surface area (Å²) in [5.74, 6) is 0.379. The molecule has 6 heteroatoms. The Balaban J connectivity index is 2.34. The summed E-state index contributed by atoms with van der Waals surface area (Å²) in [6.45, 7) is 0. The van der Waals surface area contributed by atoms with Crippen molar-refractivity contribution >= 4 is 15.9 Å². The zero-order chi connectivity index (χ0) is 13.0. The van der Waals surface area contributed by atoms with E-state index in [-0.39, 0.29) is 0 Å². The third-order valence-electron chi connectivity index (χ3n) is 2.34. The lowest BCUT2D eigenvalue weighted by atomic mass is 10.2. The first-order valence-electron chi connectivity index (χ1n) is 5.26. The summed E-state index contributed by atoms with van der Waals surface area (Å²) in [6.07, 6.45) is 1.54. The van der Waals surface area contributed by atoms with Crippen LogP contribution in [0.3, 0.4) is 0 Å². The van der Waals surface area contributed by atoms with Gasteiger partial charge in [0.05, 0.1) is 0 Å². The first-order chi connectivity index (χ1) is 8.57. The van der Waals surface area contributed by atoms with Crippen molar-refractivity contribution in [3.63, 3.8) is 0 Å². The maximum absolute atomic E-state index is 11.4. The summed E-state index contributed by atoms with van der Waals surface area (Å²) < 4.78 is 32.1. The largest absolute Gasteiger partial charge is 0.348 e. The zero-order valence-corrected chi connectivity index (χ0v) is 10.2. The molecule has 1 aromatic heterocycles. The molecule has 0 saturated carbocycles. The summed E-state index contributed by atoms with van der Waals surface area (Å²) in [6, 6.07) is 13.5. The minimum Gasteiger partial charge on any atom is -0.348 e. The van der Waals surface area contributed by atoms with Gasteiger partial charge in [0, 0.05) is 6.20 Å². The van der Waals surface area contributed by atoms with Crippen LogP contribution in [0.1, 0.15) is 10.9 Å². The van der Waals surface area contributed by atoms with E-state index in [0.29, 0.717) is 11.4 Å². The highest BCUT2D eigenvalue weighted by Crippen LogP contribution is 2.22. The van der Waals surface area contributed by atoms with Crippen molar-refractivity contribution in [2.75, 3.05) is 5.32 Å². The number of pyridine rings is 1. The van der Waals surface area contributed by atoms with Gasteiger partial charge in [0.2, 0.25) is 0 Å². The van der Waals surface area contributed by atoms with Crippen molar-refractivity contribution in [3.8, 4) is 0 Å². The topological polar surface area (TPSA) is 79.3 Å². The molecule has 2 rings (SSSR count). The average Bonchev–Trinajstić information content (AvgIpc) is 2.37. The predicted octanol–water partition coefficient (Wildman–Crippen LogP) is 2.08. The lowest BCUT2D eigenvalue weighted by Crippen LogP contribution is -2.21. The Bertz CT molecular complexity index is 600. The smallest absolute Gasteiger partial charge is 0.290 e. The molecule has 0 bridgehead atoms. The fourth-order valence-corrected chi connectivity index (χ4v) is 2.31. The van der Waals surface area contributed by atoms with Crippen LogP contribution >= 0.6 is 0 Å². The van der Waals surface area contributed by atoms with Gasteiger partial charge < -0.3 is 5.32 Å². The van der Waals surface area contributed by atoms with Gasteiger partial charge in [-0.1, -0.05) is 36.4 Å². The number of nitrogens with zero attached hydrogens (tertiary/aromatic N) is 1. The van der Waals surface area contributed by atoms with Crippen LogP contribution < -0.4 is 5.32 Å². The Morgan fingerprint density at radius 1 is 1.06 bits per heavy atom. The van der Waals surface area contributed by atoms with Gasteiger partial charge in [-0.3, -0.25) is 4.55 Å². The van der Waals surface area contributed by atoms with Gasteiger partial charge in [-0.15, -0.1) is 0 Å². The molecular formula is C12H12N2O3S. The molecule has 1 atom stereocenters.